The summed E-state index contributed by atoms with van der Waals surface area (Å²) in [6.45, 7) is 2.17. The van der Waals surface area contributed by atoms with Crippen molar-refractivity contribution in [3.63, 3.8) is 0 Å². The van der Waals surface area contributed by atoms with Gasteiger partial charge in [0.1, 0.15) is 11.9 Å². The monoisotopic (exact) mass is 382 g/mol. The molecular weight excluding hydrogens is 355 g/mol. The van der Waals surface area contributed by atoms with E-state index in [1.54, 1.807) is 13.0 Å². The molecule has 1 atom stereocenters. The summed E-state index contributed by atoms with van der Waals surface area (Å²) in [7, 11) is -3.82. The summed E-state index contributed by atoms with van der Waals surface area (Å²) >= 11 is 0. The zero-order valence-corrected chi connectivity index (χ0v) is 16.2. The van der Waals surface area contributed by atoms with E-state index < -0.39 is 27.8 Å². The summed E-state index contributed by atoms with van der Waals surface area (Å²) in [6.07, 6.45) is 8.73. The predicted octanol–water partition coefficient (Wildman–Crippen LogP) is 3.38. The maximum Gasteiger partial charge on any atom is 0.243 e. The number of amides is 1. The van der Waals surface area contributed by atoms with Crippen LogP contribution in [0.15, 0.2) is 35.9 Å². The van der Waals surface area contributed by atoms with Gasteiger partial charge in [-0.15, -0.1) is 0 Å². The van der Waals surface area contributed by atoms with Crippen LogP contribution in [0.2, 0.25) is 0 Å². The lowest BCUT2D eigenvalue weighted by Gasteiger charge is -2.30. The van der Waals surface area contributed by atoms with Crippen molar-refractivity contribution < 1.29 is 17.6 Å². The van der Waals surface area contributed by atoms with E-state index in [0.717, 1.165) is 29.8 Å². The highest BCUT2D eigenvalue weighted by atomic mass is 32.2. The summed E-state index contributed by atoms with van der Waals surface area (Å²) in [6, 6.07) is 4.61. The number of sulfonamides is 1. The Bertz CT molecular complexity index is 762. The highest BCUT2D eigenvalue weighted by Crippen LogP contribution is 2.25. The minimum Gasteiger partial charge on any atom is -0.354 e. The minimum atomic E-state index is -3.82. The maximum atomic E-state index is 14.2. The fourth-order valence-corrected chi connectivity index (χ4v) is 4.47. The Kier molecular flexibility index (Phi) is 7.20. The number of hydrogen-bond donors (Lipinski definition) is 1. The molecule has 1 aromatic carbocycles. The Hall–Kier alpha value is -1.89. The highest BCUT2D eigenvalue weighted by Gasteiger charge is 2.32. The van der Waals surface area contributed by atoms with E-state index in [-0.39, 0.29) is 12.1 Å². The average Bonchev–Trinajstić information content (AvgIpc) is 2.60. The molecule has 0 bridgehead atoms. The van der Waals surface area contributed by atoms with Gasteiger partial charge in [-0.05, 0) is 50.7 Å². The van der Waals surface area contributed by atoms with Gasteiger partial charge in [-0.25, -0.2) is 12.8 Å². The van der Waals surface area contributed by atoms with Crippen molar-refractivity contribution >= 4 is 21.6 Å². The van der Waals surface area contributed by atoms with Gasteiger partial charge in [0.2, 0.25) is 15.9 Å². The van der Waals surface area contributed by atoms with Crippen LogP contribution in [0.5, 0.6) is 0 Å². The largest absolute Gasteiger partial charge is 0.354 e. The molecule has 0 fully saturated rings. The Morgan fingerprint density at radius 1 is 1.31 bits per heavy atom. The lowest BCUT2D eigenvalue weighted by atomic mass is 9.97. The van der Waals surface area contributed by atoms with E-state index in [0.29, 0.717) is 6.54 Å². The molecule has 1 aliphatic carbocycles. The number of halogens is 1. The van der Waals surface area contributed by atoms with Crippen LogP contribution >= 0.6 is 0 Å². The molecule has 1 aliphatic rings. The predicted molar refractivity (Wildman–Crippen MR) is 102 cm³/mol. The van der Waals surface area contributed by atoms with E-state index in [1.165, 1.54) is 36.6 Å². The smallest absolute Gasteiger partial charge is 0.243 e. The number of benzene rings is 1. The van der Waals surface area contributed by atoms with Crippen LogP contribution in [0, 0.1) is 5.82 Å². The normalized spacial score (nSPS) is 15.9. The number of carbonyl (C=O) groups excluding carboxylic acids is 1. The Balaban J connectivity index is 2.13. The van der Waals surface area contributed by atoms with Gasteiger partial charge in [0.15, 0.2) is 0 Å². The fourth-order valence-electron chi connectivity index (χ4n) is 3.26. The first-order chi connectivity index (χ1) is 12.3. The number of allylic oxidation sites excluding steroid dienone is 1. The summed E-state index contributed by atoms with van der Waals surface area (Å²) < 4.78 is 39.6. The number of nitrogens with zero attached hydrogens (tertiary/aromatic N) is 1. The molecule has 0 heterocycles. The number of para-hydroxylation sites is 1. The van der Waals surface area contributed by atoms with Gasteiger partial charge in [0.05, 0.1) is 11.9 Å². The third-order valence-corrected chi connectivity index (χ3v) is 5.72. The molecule has 0 spiro atoms. The summed E-state index contributed by atoms with van der Waals surface area (Å²) in [5.41, 5.74) is 1.23. The lowest BCUT2D eigenvalue weighted by molar-refractivity contribution is -0.122. The van der Waals surface area contributed by atoms with Crippen molar-refractivity contribution in [3.05, 3.63) is 41.7 Å². The van der Waals surface area contributed by atoms with Crippen LogP contribution in [0.3, 0.4) is 0 Å². The molecule has 0 aliphatic heterocycles. The number of carbonyl (C=O) groups is 1. The number of nitrogens with one attached hydrogen (secondary N) is 1. The Labute approximate surface area is 155 Å². The lowest BCUT2D eigenvalue weighted by Crippen LogP contribution is -2.49. The number of hydrogen-bond acceptors (Lipinski definition) is 3. The second-order valence-electron chi connectivity index (χ2n) is 6.58. The highest BCUT2D eigenvalue weighted by molar-refractivity contribution is 7.92. The molecule has 1 aromatic rings. The maximum absolute atomic E-state index is 14.2. The van der Waals surface area contributed by atoms with Crippen molar-refractivity contribution in [3.8, 4) is 0 Å². The van der Waals surface area contributed by atoms with Crippen LogP contribution in [-0.2, 0) is 14.8 Å². The van der Waals surface area contributed by atoms with Crippen LogP contribution in [-0.4, -0.2) is 33.2 Å². The van der Waals surface area contributed by atoms with Crippen LogP contribution in [0.4, 0.5) is 10.1 Å². The summed E-state index contributed by atoms with van der Waals surface area (Å²) in [5.74, 6) is -1.07. The van der Waals surface area contributed by atoms with Gasteiger partial charge in [0.25, 0.3) is 0 Å². The number of rotatable bonds is 8. The quantitative estimate of drug-likeness (QED) is 0.701. The third kappa shape index (κ3) is 5.30. The molecule has 144 valence electrons. The van der Waals surface area contributed by atoms with Crippen molar-refractivity contribution in [2.45, 2.75) is 51.5 Å². The van der Waals surface area contributed by atoms with E-state index in [2.05, 4.69) is 11.4 Å². The Morgan fingerprint density at radius 2 is 2.04 bits per heavy atom. The van der Waals surface area contributed by atoms with Crippen molar-refractivity contribution in [2.24, 2.45) is 0 Å². The number of anilines is 1. The van der Waals surface area contributed by atoms with Gasteiger partial charge in [-0.2, -0.15) is 0 Å². The first kappa shape index (κ1) is 20.4. The minimum absolute atomic E-state index is 0.105. The standard InChI is InChI=1S/C19H27FN2O3S/c1-3-17(19(23)21-14-13-15-9-5-4-6-10-15)22(26(2,24)25)18-12-8-7-11-16(18)20/h7-9,11-12,17H,3-6,10,13-14H2,1-2H3,(H,21,23)/t17-/m1/s1. The molecule has 1 amide bonds. The van der Waals surface area contributed by atoms with Crippen molar-refractivity contribution in [2.75, 3.05) is 17.1 Å². The first-order valence-corrected chi connectivity index (χ1v) is 10.9. The molecule has 0 saturated heterocycles. The second-order valence-corrected chi connectivity index (χ2v) is 8.44. The van der Waals surface area contributed by atoms with Crippen molar-refractivity contribution in [1.29, 1.82) is 0 Å². The van der Waals surface area contributed by atoms with Crippen LogP contribution < -0.4 is 9.62 Å². The molecular formula is C19H27FN2O3S. The van der Waals surface area contributed by atoms with Gasteiger partial charge >= 0.3 is 0 Å². The van der Waals surface area contributed by atoms with Crippen molar-refractivity contribution in [1.82, 2.24) is 5.32 Å². The van der Waals surface area contributed by atoms with E-state index in [1.807, 2.05) is 0 Å². The van der Waals surface area contributed by atoms with Gasteiger partial charge in [-0.3, -0.25) is 9.10 Å². The average molecular weight is 383 g/mol. The SMILES string of the molecule is CC[C@H](C(=O)NCCC1=CCCCC1)N(c1ccccc1F)S(C)(=O)=O. The van der Waals surface area contributed by atoms with Crippen LogP contribution in [0.25, 0.3) is 0 Å². The summed E-state index contributed by atoms with van der Waals surface area (Å²) in [5, 5.41) is 2.81. The van der Waals surface area contributed by atoms with E-state index >= 15 is 0 Å². The van der Waals surface area contributed by atoms with Gasteiger partial charge < -0.3 is 5.32 Å². The molecule has 1 N–H and O–H groups in total. The van der Waals surface area contributed by atoms with Gasteiger partial charge in [0, 0.05) is 6.54 Å². The molecule has 7 heteroatoms. The van der Waals surface area contributed by atoms with E-state index in [4.69, 9.17) is 0 Å². The molecule has 2 rings (SSSR count). The summed E-state index contributed by atoms with van der Waals surface area (Å²) in [4.78, 5) is 12.6. The molecule has 5 nitrogen and oxygen atoms in total. The van der Waals surface area contributed by atoms with Gasteiger partial charge in [-0.1, -0.05) is 30.7 Å². The van der Waals surface area contributed by atoms with Crippen LogP contribution in [0.1, 0.15) is 45.4 Å². The second kappa shape index (κ2) is 9.16. The first-order valence-electron chi connectivity index (χ1n) is 9.04. The molecule has 0 saturated carbocycles. The molecule has 0 aromatic heterocycles. The zero-order chi connectivity index (χ0) is 19.2. The Morgan fingerprint density at radius 3 is 2.62 bits per heavy atom. The molecule has 0 radical (unpaired) electrons. The van der Waals surface area contributed by atoms with E-state index in [9.17, 15) is 17.6 Å². The molecule has 0 unspecified atom stereocenters. The third-order valence-electron chi connectivity index (χ3n) is 4.55. The topological polar surface area (TPSA) is 66.5 Å². The zero-order valence-electron chi connectivity index (χ0n) is 15.4. The molecule has 26 heavy (non-hydrogen) atoms. The fraction of sp³-hybridized carbons (Fsp3) is 0.526.